The van der Waals surface area contributed by atoms with E-state index in [4.69, 9.17) is 0 Å². The van der Waals surface area contributed by atoms with Gasteiger partial charge < -0.3 is 5.32 Å². The molecule has 1 aromatic heterocycles. The van der Waals surface area contributed by atoms with Crippen molar-refractivity contribution in [3.63, 3.8) is 0 Å². The zero-order chi connectivity index (χ0) is 10.7. The molecule has 3 nitrogen and oxygen atoms in total. The molecular formula is C11H19N3S. The number of nitrogens with zero attached hydrogens (tertiary/aromatic N) is 2. The highest BCUT2D eigenvalue weighted by Gasteiger charge is 2.25. The van der Waals surface area contributed by atoms with Gasteiger partial charge in [0, 0.05) is 18.5 Å². The van der Waals surface area contributed by atoms with Crippen molar-refractivity contribution in [2.45, 2.75) is 30.6 Å². The van der Waals surface area contributed by atoms with Gasteiger partial charge in [0.25, 0.3) is 0 Å². The van der Waals surface area contributed by atoms with Gasteiger partial charge >= 0.3 is 0 Å². The fraction of sp³-hybridized carbons (Fsp3) is 0.727. The minimum Gasteiger partial charge on any atom is -0.311 e. The summed E-state index contributed by atoms with van der Waals surface area (Å²) < 4.78 is 1.98. The van der Waals surface area contributed by atoms with Gasteiger partial charge in [-0.05, 0) is 31.7 Å². The van der Waals surface area contributed by atoms with Gasteiger partial charge in [0.15, 0.2) is 0 Å². The summed E-state index contributed by atoms with van der Waals surface area (Å²) in [6.07, 6.45) is 5.95. The van der Waals surface area contributed by atoms with E-state index in [1.807, 2.05) is 25.0 Å². The van der Waals surface area contributed by atoms with Crippen LogP contribution in [0.15, 0.2) is 12.3 Å². The summed E-state index contributed by atoms with van der Waals surface area (Å²) in [5.74, 6) is 1.31. The third kappa shape index (κ3) is 2.37. The average molecular weight is 225 g/mol. The minimum atomic E-state index is 0.447. The van der Waals surface area contributed by atoms with Gasteiger partial charge in [0.2, 0.25) is 0 Å². The van der Waals surface area contributed by atoms with Gasteiger partial charge in [-0.15, -0.1) is 0 Å². The Labute approximate surface area is 95.6 Å². The van der Waals surface area contributed by atoms with E-state index in [2.05, 4.69) is 28.2 Å². The summed E-state index contributed by atoms with van der Waals surface area (Å²) in [6.45, 7) is 0. The predicted molar refractivity (Wildman–Crippen MR) is 65.1 cm³/mol. The van der Waals surface area contributed by atoms with E-state index >= 15 is 0 Å². The maximum Gasteiger partial charge on any atom is 0.0609 e. The largest absolute Gasteiger partial charge is 0.311 e. The highest BCUT2D eigenvalue weighted by atomic mass is 32.2. The van der Waals surface area contributed by atoms with Crippen molar-refractivity contribution >= 4 is 11.8 Å². The molecule has 1 aromatic rings. The lowest BCUT2D eigenvalue weighted by atomic mass is 10.0. The molecule has 0 radical (unpaired) electrons. The SMILES string of the molecule is CNC(c1ccnn1C)C1CCCCS1. The zero-order valence-corrected chi connectivity index (χ0v) is 10.3. The summed E-state index contributed by atoms with van der Waals surface area (Å²) in [6, 6.07) is 2.57. The van der Waals surface area contributed by atoms with Gasteiger partial charge in [0.1, 0.15) is 0 Å². The van der Waals surface area contributed by atoms with Gasteiger partial charge in [-0.25, -0.2) is 0 Å². The van der Waals surface area contributed by atoms with E-state index in [1.165, 1.54) is 30.7 Å². The Morgan fingerprint density at radius 3 is 3.00 bits per heavy atom. The van der Waals surface area contributed by atoms with E-state index in [1.54, 1.807) is 0 Å². The van der Waals surface area contributed by atoms with E-state index < -0.39 is 0 Å². The number of nitrogens with one attached hydrogen (secondary N) is 1. The lowest BCUT2D eigenvalue weighted by Gasteiger charge is -2.29. The molecule has 0 bridgehead atoms. The van der Waals surface area contributed by atoms with E-state index in [0.717, 1.165) is 0 Å². The monoisotopic (exact) mass is 225 g/mol. The van der Waals surface area contributed by atoms with Crippen LogP contribution in [-0.2, 0) is 7.05 Å². The minimum absolute atomic E-state index is 0.447. The van der Waals surface area contributed by atoms with Crippen LogP contribution in [0.5, 0.6) is 0 Å². The molecule has 0 amide bonds. The molecule has 1 fully saturated rings. The molecule has 0 aromatic carbocycles. The van der Waals surface area contributed by atoms with Gasteiger partial charge in [-0.1, -0.05) is 6.42 Å². The van der Waals surface area contributed by atoms with Crippen LogP contribution in [0.3, 0.4) is 0 Å². The van der Waals surface area contributed by atoms with Crippen molar-refractivity contribution < 1.29 is 0 Å². The van der Waals surface area contributed by atoms with E-state index in [-0.39, 0.29) is 0 Å². The number of aryl methyl sites for hydroxylation is 1. The maximum absolute atomic E-state index is 4.25. The van der Waals surface area contributed by atoms with E-state index in [0.29, 0.717) is 11.3 Å². The van der Waals surface area contributed by atoms with Crippen LogP contribution >= 0.6 is 11.8 Å². The van der Waals surface area contributed by atoms with Crippen molar-refractivity contribution in [2.24, 2.45) is 7.05 Å². The maximum atomic E-state index is 4.25. The van der Waals surface area contributed by atoms with Crippen LogP contribution in [0.1, 0.15) is 31.0 Å². The van der Waals surface area contributed by atoms with Gasteiger partial charge in [-0.2, -0.15) is 16.9 Å². The Kier molecular flexibility index (Phi) is 3.70. The zero-order valence-electron chi connectivity index (χ0n) is 9.44. The summed E-state index contributed by atoms with van der Waals surface area (Å²) in [7, 11) is 4.07. The second-order valence-electron chi connectivity index (χ2n) is 4.05. The van der Waals surface area contributed by atoms with Crippen LogP contribution in [0.2, 0.25) is 0 Å². The average Bonchev–Trinajstić information content (AvgIpc) is 2.68. The van der Waals surface area contributed by atoms with Crippen molar-refractivity contribution in [1.29, 1.82) is 0 Å². The number of rotatable bonds is 3. The van der Waals surface area contributed by atoms with Crippen LogP contribution < -0.4 is 5.32 Å². The Morgan fingerprint density at radius 2 is 2.47 bits per heavy atom. The smallest absolute Gasteiger partial charge is 0.0609 e. The second kappa shape index (κ2) is 5.03. The molecule has 2 unspecified atom stereocenters. The van der Waals surface area contributed by atoms with Crippen molar-refractivity contribution in [2.75, 3.05) is 12.8 Å². The number of thioether (sulfide) groups is 1. The molecule has 2 heterocycles. The number of hydrogen-bond acceptors (Lipinski definition) is 3. The molecule has 15 heavy (non-hydrogen) atoms. The fourth-order valence-corrected chi connectivity index (χ4v) is 3.72. The molecule has 1 saturated heterocycles. The molecular weight excluding hydrogens is 206 g/mol. The molecule has 84 valence electrons. The second-order valence-corrected chi connectivity index (χ2v) is 5.40. The van der Waals surface area contributed by atoms with Crippen LogP contribution in [0.25, 0.3) is 0 Å². The van der Waals surface area contributed by atoms with Crippen molar-refractivity contribution in [3.05, 3.63) is 18.0 Å². The lowest BCUT2D eigenvalue weighted by molar-refractivity contribution is 0.485. The molecule has 2 rings (SSSR count). The van der Waals surface area contributed by atoms with E-state index in [9.17, 15) is 0 Å². The molecule has 1 aliphatic rings. The quantitative estimate of drug-likeness (QED) is 0.853. The Balaban J connectivity index is 2.12. The van der Waals surface area contributed by atoms with Gasteiger partial charge in [0.05, 0.1) is 11.7 Å². The highest BCUT2D eigenvalue weighted by molar-refractivity contribution is 8.00. The van der Waals surface area contributed by atoms with Crippen LogP contribution in [0.4, 0.5) is 0 Å². The Hall–Kier alpha value is -0.480. The van der Waals surface area contributed by atoms with Crippen molar-refractivity contribution in [3.8, 4) is 0 Å². The standard InChI is InChI=1S/C11H19N3S/c1-12-11(9-6-7-13-14(9)2)10-5-3-4-8-15-10/h6-7,10-12H,3-5,8H2,1-2H3. The first-order valence-corrected chi connectivity index (χ1v) is 6.64. The molecule has 1 aliphatic heterocycles. The predicted octanol–water partition coefficient (Wildman–Crippen LogP) is 1.97. The Bertz CT molecular complexity index is 305. The first-order chi connectivity index (χ1) is 7.33. The molecule has 0 saturated carbocycles. The third-order valence-corrected chi connectivity index (χ3v) is 4.54. The molecule has 0 spiro atoms. The van der Waals surface area contributed by atoms with Crippen molar-refractivity contribution in [1.82, 2.24) is 15.1 Å². The molecule has 2 atom stereocenters. The lowest BCUT2D eigenvalue weighted by Crippen LogP contribution is -2.30. The summed E-state index contributed by atoms with van der Waals surface area (Å²) in [5.41, 5.74) is 1.30. The first-order valence-electron chi connectivity index (χ1n) is 5.59. The number of hydrogen-bond donors (Lipinski definition) is 1. The van der Waals surface area contributed by atoms with Gasteiger partial charge in [-0.3, -0.25) is 4.68 Å². The normalized spacial score (nSPS) is 24.0. The summed E-state index contributed by atoms with van der Waals surface area (Å²) in [5, 5.41) is 8.39. The topological polar surface area (TPSA) is 29.9 Å². The first kappa shape index (κ1) is 11.0. The molecule has 1 N–H and O–H groups in total. The molecule has 0 aliphatic carbocycles. The molecule has 4 heteroatoms. The number of aromatic nitrogens is 2. The summed E-state index contributed by atoms with van der Waals surface area (Å²) >= 11 is 2.10. The highest BCUT2D eigenvalue weighted by Crippen LogP contribution is 2.34. The van der Waals surface area contributed by atoms with Crippen LogP contribution in [-0.4, -0.2) is 27.8 Å². The third-order valence-electron chi connectivity index (χ3n) is 3.08. The van der Waals surface area contributed by atoms with Crippen LogP contribution in [0, 0.1) is 0 Å². The Morgan fingerprint density at radius 1 is 1.60 bits per heavy atom. The fourth-order valence-electron chi connectivity index (χ4n) is 2.24. The summed E-state index contributed by atoms with van der Waals surface area (Å²) in [4.78, 5) is 0.